The van der Waals surface area contributed by atoms with Crippen LogP contribution >= 0.6 is 11.6 Å². The van der Waals surface area contributed by atoms with E-state index in [9.17, 15) is 4.79 Å². The summed E-state index contributed by atoms with van der Waals surface area (Å²) in [5, 5.41) is 13.9. The number of benzene rings is 1. The topological polar surface area (TPSA) is 69.8 Å². The van der Waals surface area contributed by atoms with E-state index in [2.05, 4.69) is 10.1 Å². The van der Waals surface area contributed by atoms with Crippen molar-refractivity contribution in [2.75, 3.05) is 20.1 Å². The van der Waals surface area contributed by atoms with Gasteiger partial charge in [0.1, 0.15) is 5.69 Å². The van der Waals surface area contributed by atoms with E-state index in [1.165, 1.54) is 4.90 Å². The van der Waals surface area contributed by atoms with Crippen molar-refractivity contribution in [3.8, 4) is 11.3 Å². The van der Waals surface area contributed by atoms with Gasteiger partial charge in [0.15, 0.2) is 5.76 Å². The highest BCUT2D eigenvalue weighted by Crippen LogP contribution is 2.23. The predicted octanol–water partition coefficient (Wildman–Crippen LogP) is 3.57. The number of piperidine rings is 1. The molecule has 1 aromatic carbocycles. The maximum Gasteiger partial charge on any atom is 0.407 e. The molecule has 1 aliphatic heterocycles. The quantitative estimate of drug-likeness (QED) is 0.913. The Morgan fingerprint density at radius 3 is 2.67 bits per heavy atom. The molecule has 0 saturated carbocycles. The number of carbonyl (C=O) groups is 1. The minimum absolute atomic E-state index is 0.0955. The Morgan fingerprint density at radius 2 is 2.04 bits per heavy atom. The van der Waals surface area contributed by atoms with Gasteiger partial charge in [-0.2, -0.15) is 0 Å². The van der Waals surface area contributed by atoms with Crippen molar-refractivity contribution in [2.24, 2.45) is 0 Å². The molecule has 1 amide bonds. The third-order valence-electron chi connectivity index (χ3n) is 4.48. The van der Waals surface area contributed by atoms with Crippen molar-refractivity contribution in [3.05, 3.63) is 41.1 Å². The van der Waals surface area contributed by atoms with Gasteiger partial charge in [-0.3, -0.25) is 4.90 Å². The Bertz CT molecular complexity index is 693. The third kappa shape index (κ3) is 3.88. The molecule has 0 aliphatic carbocycles. The third-order valence-corrected chi connectivity index (χ3v) is 4.74. The van der Waals surface area contributed by atoms with Gasteiger partial charge in [0.25, 0.3) is 0 Å². The molecule has 0 atom stereocenters. The summed E-state index contributed by atoms with van der Waals surface area (Å²) in [6.07, 6.45) is 0.804. The lowest BCUT2D eigenvalue weighted by Crippen LogP contribution is -2.44. The Morgan fingerprint density at radius 1 is 1.38 bits per heavy atom. The largest absolute Gasteiger partial charge is 0.465 e. The summed E-state index contributed by atoms with van der Waals surface area (Å²) in [4.78, 5) is 14.7. The fraction of sp³-hybridized carbons (Fsp3) is 0.412. The number of likely N-dealkylation sites (tertiary alicyclic amines) is 1. The first-order valence-electron chi connectivity index (χ1n) is 7.92. The fourth-order valence-electron chi connectivity index (χ4n) is 2.99. The minimum Gasteiger partial charge on any atom is -0.465 e. The van der Waals surface area contributed by atoms with E-state index >= 15 is 0 Å². The molecule has 0 unspecified atom stereocenters. The molecule has 128 valence electrons. The van der Waals surface area contributed by atoms with E-state index in [-0.39, 0.29) is 6.04 Å². The number of rotatable bonds is 4. The van der Waals surface area contributed by atoms with E-state index in [0.29, 0.717) is 11.6 Å². The van der Waals surface area contributed by atoms with Crippen LogP contribution < -0.4 is 0 Å². The molecule has 1 aromatic heterocycles. The van der Waals surface area contributed by atoms with Crippen LogP contribution in [0.4, 0.5) is 4.79 Å². The van der Waals surface area contributed by atoms with Gasteiger partial charge in [-0.15, -0.1) is 0 Å². The van der Waals surface area contributed by atoms with Crippen LogP contribution in [-0.2, 0) is 6.54 Å². The lowest BCUT2D eigenvalue weighted by Gasteiger charge is -2.34. The van der Waals surface area contributed by atoms with Gasteiger partial charge in [0.05, 0.1) is 6.54 Å². The zero-order valence-corrected chi connectivity index (χ0v) is 14.2. The number of aromatic nitrogens is 1. The Kier molecular flexibility index (Phi) is 5.06. The number of amides is 1. The minimum atomic E-state index is -0.865. The van der Waals surface area contributed by atoms with E-state index in [1.54, 1.807) is 7.05 Å². The average molecular weight is 350 g/mol. The van der Waals surface area contributed by atoms with E-state index in [0.717, 1.165) is 42.9 Å². The van der Waals surface area contributed by atoms with Crippen LogP contribution in [-0.4, -0.2) is 52.3 Å². The van der Waals surface area contributed by atoms with Crippen LogP contribution in [0, 0.1) is 0 Å². The Balaban J connectivity index is 1.56. The molecule has 3 rings (SSSR count). The summed E-state index contributed by atoms with van der Waals surface area (Å²) in [5.74, 6) is 0.810. The van der Waals surface area contributed by atoms with Crippen LogP contribution in [0.25, 0.3) is 11.3 Å². The zero-order chi connectivity index (χ0) is 17.1. The number of carboxylic acid groups (broad SMARTS) is 1. The van der Waals surface area contributed by atoms with Crippen LogP contribution in [0.3, 0.4) is 0 Å². The van der Waals surface area contributed by atoms with Crippen molar-refractivity contribution in [1.29, 1.82) is 0 Å². The molecular weight excluding hydrogens is 330 g/mol. The molecule has 1 fully saturated rings. The zero-order valence-electron chi connectivity index (χ0n) is 13.5. The maximum atomic E-state index is 11.0. The van der Waals surface area contributed by atoms with Crippen molar-refractivity contribution in [2.45, 2.75) is 25.4 Å². The summed E-state index contributed by atoms with van der Waals surface area (Å²) < 4.78 is 5.44. The Labute approximate surface area is 145 Å². The van der Waals surface area contributed by atoms with Gasteiger partial charge >= 0.3 is 6.09 Å². The Hall–Kier alpha value is -2.05. The highest BCUT2D eigenvalue weighted by atomic mass is 35.5. The van der Waals surface area contributed by atoms with Gasteiger partial charge in [0.2, 0.25) is 0 Å². The van der Waals surface area contributed by atoms with Gasteiger partial charge in [-0.1, -0.05) is 28.9 Å². The molecule has 0 radical (unpaired) electrons. The van der Waals surface area contributed by atoms with Crippen molar-refractivity contribution < 1.29 is 14.4 Å². The van der Waals surface area contributed by atoms with E-state index in [1.807, 2.05) is 30.3 Å². The molecule has 1 aliphatic rings. The van der Waals surface area contributed by atoms with Crippen LogP contribution in [0.5, 0.6) is 0 Å². The molecule has 1 saturated heterocycles. The van der Waals surface area contributed by atoms with Crippen molar-refractivity contribution >= 4 is 17.7 Å². The molecule has 0 spiro atoms. The fourth-order valence-corrected chi connectivity index (χ4v) is 3.11. The molecule has 2 heterocycles. The SMILES string of the molecule is CN(C(=O)O)C1CCN(Cc2cc(-c3ccc(Cl)cc3)no2)CC1. The smallest absolute Gasteiger partial charge is 0.407 e. The summed E-state index contributed by atoms with van der Waals surface area (Å²) in [6, 6.07) is 9.52. The summed E-state index contributed by atoms with van der Waals surface area (Å²) in [7, 11) is 1.64. The summed E-state index contributed by atoms with van der Waals surface area (Å²) in [6.45, 7) is 2.38. The van der Waals surface area contributed by atoms with E-state index in [4.69, 9.17) is 21.2 Å². The molecule has 0 bridgehead atoms. The molecular formula is C17H20ClN3O3. The van der Waals surface area contributed by atoms with E-state index < -0.39 is 6.09 Å². The number of halogens is 1. The lowest BCUT2D eigenvalue weighted by atomic mass is 10.0. The van der Waals surface area contributed by atoms with Crippen LogP contribution in [0.2, 0.25) is 5.02 Å². The second kappa shape index (κ2) is 7.23. The van der Waals surface area contributed by atoms with Crippen LogP contribution in [0.1, 0.15) is 18.6 Å². The molecule has 6 nitrogen and oxygen atoms in total. The molecule has 2 aromatic rings. The van der Waals surface area contributed by atoms with Crippen molar-refractivity contribution in [3.63, 3.8) is 0 Å². The van der Waals surface area contributed by atoms with Gasteiger partial charge in [-0.25, -0.2) is 4.79 Å². The van der Waals surface area contributed by atoms with Gasteiger partial charge < -0.3 is 14.5 Å². The second-order valence-corrected chi connectivity index (χ2v) is 6.52. The van der Waals surface area contributed by atoms with Gasteiger partial charge in [0, 0.05) is 42.8 Å². The van der Waals surface area contributed by atoms with Crippen LogP contribution in [0.15, 0.2) is 34.9 Å². The second-order valence-electron chi connectivity index (χ2n) is 6.09. The lowest BCUT2D eigenvalue weighted by molar-refractivity contribution is 0.0992. The first kappa shape index (κ1) is 16.8. The maximum absolute atomic E-state index is 11.0. The standard InChI is InChI=1S/C17H20ClN3O3/c1-20(17(22)23)14-6-8-21(9-7-14)11-15-10-16(19-24-15)12-2-4-13(18)5-3-12/h2-5,10,14H,6-9,11H2,1H3,(H,22,23). The highest BCUT2D eigenvalue weighted by Gasteiger charge is 2.25. The first-order valence-corrected chi connectivity index (χ1v) is 8.30. The van der Waals surface area contributed by atoms with Gasteiger partial charge in [-0.05, 0) is 25.0 Å². The molecule has 7 heteroatoms. The molecule has 1 N–H and O–H groups in total. The average Bonchev–Trinajstić information content (AvgIpc) is 3.04. The highest BCUT2D eigenvalue weighted by molar-refractivity contribution is 6.30. The monoisotopic (exact) mass is 349 g/mol. The summed E-state index contributed by atoms with van der Waals surface area (Å²) in [5.41, 5.74) is 1.76. The molecule has 24 heavy (non-hydrogen) atoms. The number of hydrogen-bond acceptors (Lipinski definition) is 4. The van der Waals surface area contributed by atoms with Crippen molar-refractivity contribution in [1.82, 2.24) is 15.0 Å². The predicted molar refractivity (Wildman–Crippen MR) is 91.0 cm³/mol. The normalized spacial score (nSPS) is 16.2. The summed E-state index contributed by atoms with van der Waals surface area (Å²) >= 11 is 5.90. The first-order chi connectivity index (χ1) is 11.5. The number of nitrogens with zero attached hydrogens (tertiary/aromatic N) is 3. The number of hydrogen-bond donors (Lipinski definition) is 1.